The summed E-state index contributed by atoms with van der Waals surface area (Å²) in [5.41, 5.74) is 0.0545. The lowest BCUT2D eigenvalue weighted by atomic mass is 10.1. The number of carbonyl (C=O) groups excluding carboxylic acids is 1. The SMILES string of the molecule is CC(C)C(=O)Nc1ccc(Oc2c(Cl)cc(CC(=O)O)cc2Cl)cc1[N+](=O)[O-]. The van der Waals surface area contributed by atoms with Gasteiger partial charge in [0.2, 0.25) is 5.91 Å². The van der Waals surface area contributed by atoms with Crippen LogP contribution in [0.4, 0.5) is 11.4 Å². The lowest BCUT2D eigenvalue weighted by Gasteiger charge is -2.13. The molecule has 0 saturated carbocycles. The summed E-state index contributed by atoms with van der Waals surface area (Å²) in [5.74, 6) is -1.65. The van der Waals surface area contributed by atoms with Crippen molar-refractivity contribution in [1.29, 1.82) is 0 Å². The maximum atomic E-state index is 11.8. The number of carboxylic acid groups (broad SMARTS) is 1. The molecular weight excluding hydrogens is 411 g/mol. The predicted octanol–water partition coefficient (Wildman–Crippen LogP) is 4.92. The molecular formula is C18H16Cl2N2O6. The molecule has 0 saturated heterocycles. The number of nitro groups is 1. The maximum absolute atomic E-state index is 11.8. The summed E-state index contributed by atoms with van der Waals surface area (Å²) < 4.78 is 5.57. The topological polar surface area (TPSA) is 119 Å². The molecule has 0 aliphatic carbocycles. The summed E-state index contributed by atoms with van der Waals surface area (Å²) in [6.07, 6.45) is -0.268. The predicted molar refractivity (Wildman–Crippen MR) is 104 cm³/mol. The molecule has 148 valence electrons. The fourth-order valence-corrected chi connectivity index (χ4v) is 2.82. The molecule has 0 spiro atoms. The van der Waals surface area contributed by atoms with Crippen molar-refractivity contribution in [2.45, 2.75) is 20.3 Å². The third-order valence-electron chi connectivity index (χ3n) is 3.58. The number of nitrogens with zero attached hydrogens (tertiary/aromatic N) is 1. The molecule has 0 aromatic heterocycles. The monoisotopic (exact) mass is 426 g/mol. The molecule has 0 heterocycles. The third-order valence-corrected chi connectivity index (χ3v) is 4.14. The van der Waals surface area contributed by atoms with Crippen LogP contribution in [0.3, 0.4) is 0 Å². The van der Waals surface area contributed by atoms with Crippen LogP contribution in [0, 0.1) is 16.0 Å². The number of amides is 1. The Kier molecular flexibility index (Phi) is 6.82. The first-order chi connectivity index (χ1) is 13.1. The molecule has 0 radical (unpaired) electrons. The highest BCUT2D eigenvalue weighted by molar-refractivity contribution is 6.37. The lowest BCUT2D eigenvalue weighted by molar-refractivity contribution is -0.384. The standard InChI is InChI=1S/C18H16Cl2N2O6/c1-9(2)18(25)21-14-4-3-11(8-15(14)22(26)27)28-17-12(19)5-10(6-13(17)20)7-16(23)24/h3-6,8-9H,7H2,1-2H3,(H,21,25)(H,23,24). The van der Waals surface area contributed by atoms with E-state index in [4.69, 9.17) is 33.0 Å². The molecule has 0 fully saturated rings. The summed E-state index contributed by atoms with van der Waals surface area (Å²) in [7, 11) is 0. The van der Waals surface area contributed by atoms with Crippen molar-refractivity contribution in [1.82, 2.24) is 0 Å². The average molecular weight is 427 g/mol. The molecule has 0 aliphatic rings. The Morgan fingerprint density at radius 2 is 1.82 bits per heavy atom. The van der Waals surface area contributed by atoms with Gasteiger partial charge in [0, 0.05) is 5.92 Å². The largest absolute Gasteiger partial charge is 0.481 e. The molecule has 2 aromatic rings. The number of aliphatic carboxylic acids is 1. The zero-order chi connectivity index (χ0) is 21.0. The van der Waals surface area contributed by atoms with Crippen LogP contribution in [0.2, 0.25) is 10.0 Å². The maximum Gasteiger partial charge on any atom is 0.307 e. The van der Waals surface area contributed by atoms with Gasteiger partial charge in [-0.2, -0.15) is 0 Å². The smallest absolute Gasteiger partial charge is 0.307 e. The average Bonchev–Trinajstić information content (AvgIpc) is 2.58. The van der Waals surface area contributed by atoms with Gasteiger partial charge in [-0.3, -0.25) is 19.7 Å². The summed E-state index contributed by atoms with van der Waals surface area (Å²) in [6, 6.07) is 6.67. The van der Waals surface area contributed by atoms with Gasteiger partial charge in [0.25, 0.3) is 5.69 Å². The molecule has 0 atom stereocenters. The Bertz CT molecular complexity index is 923. The van der Waals surface area contributed by atoms with Crippen molar-refractivity contribution in [3.05, 3.63) is 56.1 Å². The van der Waals surface area contributed by atoms with E-state index in [9.17, 15) is 19.7 Å². The highest BCUT2D eigenvalue weighted by atomic mass is 35.5. The number of carbonyl (C=O) groups is 2. The van der Waals surface area contributed by atoms with E-state index >= 15 is 0 Å². The number of ether oxygens (including phenoxy) is 1. The van der Waals surface area contributed by atoms with Crippen molar-refractivity contribution in [2.75, 3.05) is 5.32 Å². The van der Waals surface area contributed by atoms with Crippen molar-refractivity contribution in [3.63, 3.8) is 0 Å². The van der Waals surface area contributed by atoms with Crippen molar-refractivity contribution >= 4 is 46.5 Å². The first-order valence-electron chi connectivity index (χ1n) is 8.05. The number of halogens is 2. The van der Waals surface area contributed by atoms with Crippen LogP contribution in [0.5, 0.6) is 11.5 Å². The van der Waals surface area contributed by atoms with E-state index in [-0.39, 0.29) is 51.2 Å². The highest BCUT2D eigenvalue weighted by Gasteiger charge is 2.20. The Balaban J connectivity index is 2.34. The number of nitrogens with one attached hydrogen (secondary N) is 1. The molecule has 0 aliphatic heterocycles. The minimum absolute atomic E-state index is 0.0325. The van der Waals surface area contributed by atoms with E-state index in [1.807, 2.05) is 0 Å². The lowest BCUT2D eigenvalue weighted by Crippen LogP contribution is -2.18. The Morgan fingerprint density at radius 3 is 2.32 bits per heavy atom. The van der Waals surface area contributed by atoms with Crippen molar-refractivity contribution < 1.29 is 24.4 Å². The van der Waals surface area contributed by atoms with E-state index in [2.05, 4.69) is 5.32 Å². The molecule has 2 aromatic carbocycles. The van der Waals surface area contributed by atoms with Crippen molar-refractivity contribution in [2.24, 2.45) is 5.92 Å². The quantitative estimate of drug-likeness (QED) is 0.479. The normalized spacial score (nSPS) is 10.6. The Hall–Kier alpha value is -2.84. The highest BCUT2D eigenvalue weighted by Crippen LogP contribution is 2.39. The van der Waals surface area contributed by atoms with Gasteiger partial charge in [0.15, 0.2) is 5.75 Å². The van der Waals surface area contributed by atoms with Gasteiger partial charge in [0.05, 0.1) is 27.5 Å². The molecule has 28 heavy (non-hydrogen) atoms. The number of rotatable bonds is 7. The van der Waals surface area contributed by atoms with Gasteiger partial charge in [-0.25, -0.2) is 0 Å². The van der Waals surface area contributed by atoms with Crippen LogP contribution in [0.15, 0.2) is 30.3 Å². The number of hydrogen-bond donors (Lipinski definition) is 2. The van der Waals surface area contributed by atoms with Crippen LogP contribution < -0.4 is 10.1 Å². The van der Waals surface area contributed by atoms with Gasteiger partial charge in [0.1, 0.15) is 11.4 Å². The van der Waals surface area contributed by atoms with E-state index in [1.54, 1.807) is 13.8 Å². The molecule has 2 N–H and O–H groups in total. The summed E-state index contributed by atoms with van der Waals surface area (Å²) >= 11 is 12.2. The Morgan fingerprint density at radius 1 is 1.21 bits per heavy atom. The Labute approximate surface area is 170 Å². The van der Waals surface area contributed by atoms with Gasteiger partial charge < -0.3 is 15.2 Å². The molecule has 1 amide bonds. The molecule has 0 bridgehead atoms. The van der Waals surface area contributed by atoms with Crippen LogP contribution >= 0.6 is 23.2 Å². The van der Waals surface area contributed by atoms with Crippen LogP contribution in [-0.2, 0) is 16.0 Å². The second-order valence-electron chi connectivity index (χ2n) is 6.14. The number of nitro benzene ring substituents is 1. The van der Waals surface area contributed by atoms with E-state index in [0.717, 1.165) is 6.07 Å². The zero-order valence-corrected chi connectivity index (χ0v) is 16.4. The molecule has 10 heteroatoms. The summed E-state index contributed by atoms with van der Waals surface area (Å²) in [4.78, 5) is 33.3. The molecule has 2 rings (SSSR count). The van der Waals surface area contributed by atoms with Crippen LogP contribution in [0.25, 0.3) is 0 Å². The zero-order valence-electron chi connectivity index (χ0n) is 14.9. The van der Waals surface area contributed by atoms with Crippen molar-refractivity contribution in [3.8, 4) is 11.5 Å². The second kappa shape index (κ2) is 8.90. The minimum Gasteiger partial charge on any atom is -0.481 e. The van der Waals surface area contributed by atoms with Crippen LogP contribution in [-0.4, -0.2) is 21.9 Å². The summed E-state index contributed by atoms with van der Waals surface area (Å²) in [6.45, 7) is 3.33. The van der Waals surface area contributed by atoms with E-state index in [1.165, 1.54) is 24.3 Å². The third kappa shape index (κ3) is 5.34. The van der Waals surface area contributed by atoms with E-state index < -0.39 is 10.9 Å². The first-order valence-corrected chi connectivity index (χ1v) is 8.81. The fraction of sp³-hybridized carbons (Fsp3) is 0.222. The summed E-state index contributed by atoms with van der Waals surface area (Å²) in [5, 5.41) is 22.8. The van der Waals surface area contributed by atoms with Gasteiger partial charge >= 0.3 is 5.97 Å². The van der Waals surface area contributed by atoms with Gasteiger partial charge in [-0.1, -0.05) is 37.0 Å². The second-order valence-corrected chi connectivity index (χ2v) is 6.96. The van der Waals surface area contributed by atoms with Gasteiger partial charge in [-0.05, 0) is 29.8 Å². The minimum atomic E-state index is -1.05. The number of benzene rings is 2. The molecule has 8 nitrogen and oxygen atoms in total. The fourth-order valence-electron chi connectivity index (χ4n) is 2.21. The van der Waals surface area contributed by atoms with Crippen LogP contribution in [0.1, 0.15) is 19.4 Å². The van der Waals surface area contributed by atoms with Gasteiger partial charge in [-0.15, -0.1) is 0 Å². The van der Waals surface area contributed by atoms with E-state index in [0.29, 0.717) is 5.56 Å². The first kappa shape index (κ1) is 21.5. The molecule has 0 unspecified atom stereocenters. The number of anilines is 1. The number of hydrogen-bond acceptors (Lipinski definition) is 5. The number of carboxylic acids is 1.